The molecule has 7 heteroatoms. The lowest BCUT2D eigenvalue weighted by molar-refractivity contribution is -0.125. The molecule has 0 spiro atoms. The summed E-state index contributed by atoms with van der Waals surface area (Å²) in [6.07, 6.45) is 2.80. The summed E-state index contributed by atoms with van der Waals surface area (Å²) >= 11 is 0. The van der Waals surface area contributed by atoms with Gasteiger partial charge in [-0.1, -0.05) is 0 Å². The van der Waals surface area contributed by atoms with Crippen molar-refractivity contribution in [2.45, 2.75) is 19.8 Å². The minimum Gasteiger partial charge on any atom is -0.461 e. The first kappa shape index (κ1) is 14.4. The van der Waals surface area contributed by atoms with Gasteiger partial charge in [0.2, 0.25) is 5.91 Å². The number of ether oxygens (including phenoxy) is 1. The average Bonchev–Trinajstić information content (AvgIpc) is 2.97. The van der Waals surface area contributed by atoms with Crippen molar-refractivity contribution in [2.24, 2.45) is 5.92 Å². The molecule has 0 unspecified atom stereocenters. The molecule has 1 N–H and O–H groups in total. The highest BCUT2D eigenvalue weighted by Gasteiger charge is 2.27. The molecule has 20 heavy (non-hydrogen) atoms. The van der Waals surface area contributed by atoms with Crippen LogP contribution >= 0.6 is 0 Å². The van der Waals surface area contributed by atoms with E-state index in [0.717, 1.165) is 12.8 Å². The maximum Gasteiger partial charge on any atom is 0.360 e. The maximum atomic E-state index is 11.5. The van der Waals surface area contributed by atoms with Crippen LogP contribution in [0.1, 0.15) is 30.3 Å². The van der Waals surface area contributed by atoms with Crippen molar-refractivity contribution < 1.29 is 18.7 Å². The van der Waals surface area contributed by atoms with Crippen LogP contribution < -0.4 is 10.2 Å². The summed E-state index contributed by atoms with van der Waals surface area (Å²) in [4.78, 5) is 29.1. The summed E-state index contributed by atoms with van der Waals surface area (Å²) in [6.45, 7) is 3.41. The third kappa shape index (κ3) is 3.09. The number of nitrogens with zero attached hydrogens (tertiary/aromatic N) is 2. The van der Waals surface area contributed by atoms with E-state index in [2.05, 4.69) is 10.3 Å². The number of hydrogen-bond donors (Lipinski definition) is 1. The van der Waals surface area contributed by atoms with Gasteiger partial charge in [0.05, 0.1) is 6.61 Å². The largest absolute Gasteiger partial charge is 0.461 e. The SMILES string of the molecule is CCOC(=O)c1coc(N2CCC(C(=O)NC)CC2)n1. The number of hydrogen-bond acceptors (Lipinski definition) is 6. The van der Waals surface area contributed by atoms with Gasteiger partial charge >= 0.3 is 5.97 Å². The molecule has 0 atom stereocenters. The van der Waals surface area contributed by atoms with Crippen molar-refractivity contribution in [1.82, 2.24) is 10.3 Å². The molecule has 0 radical (unpaired) electrons. The minimum absolute atomic E-state index is 0.0377. The van der Waals surface area contributed by atoms with E-state index in [1.807, 2.05) is 4.90 Å². The van der Waals surface area contributed by atoms with Crippen LogP contribution in [0, 0.1) is 5.92 Å². The van der Waals surface area contributed by atoms with Crippen LogP contribution in [0.4, 0.5) is 6.01 Å². The van der Waals surface area contributed by atoms with E-state index >= 15 is 0 Å². The highest BCUT2D eigenvalue weighted by Crippen LogP contribution is 2.23. The van der Waals surface area contributed by atoms with Crippen LogP contribution in [0.2, 0.25) is 0 Å². The van der Waals surface area contributed by atoms with Gasteiger partial charge in [0.25, 0.3) is 6.01 Å². The molecule has 1 saturated heterocycles. The van der Waals surface area contributed by atoms with Crippen LogP contribution in [-0.2, 0) is 9.53 Å². The summed E-state index contributed by atoms with van der Waals surface area (Å²) in [5.74, 6) is -0.372. The average molecular weight is 281 g/mol. The van der Waals surface area contributed by atoms with Gasteiger partial charge in [-0.25, -0.2) is 4.79 Å². The number of esters is 1. The standard InChI is InChI=1S/C13H19N3O4/c1-3-19-12(18)10-8-20-13(15-10)16-6-4-9(5-7-16)11(17)14-2/h8-9H,3-7H2,1-2H3,(H,14,17). The smallest absolute Gasteiger partial charge is 0.360 e. The summed E-state index contributed by atoms with van der Waals surface area (Å²) in [5.41, 5.74) is 0.176. The first-order chi connectivity index (χ1) is 9.65. The zero-order valence-corrected chi connectivity index (χ0v) is 11.7. The molecule has 0 aliphatic carbocycles. The Morgan fingerprint density at radius 3 is 2.80 bits per heavy atom. The molecule has 1 aliphatic heterocycles. The van der Waals surface area contributed by atoms with Crippen molar-refractivity contribution in [3.8, 4) is 0 Å². The third-order valence-electron chi connectivity index (χ3n) is 3.36. The Kier molecular flexibility index (Phi) is 4.60. The monoisotopic (exact) mass is 281 g/mol. The molecule has 110 valence electrons. The van der Waals surface area contributed by atoms with E-state index in [1.165, 1.54) is 6.26 Å². The van der Waals surface area contributed by atoms with Crippen molar-refractivity contribution >= 4 is 17.9 Å². The van der Waals surface area contributed by atoms with Gasteiger partial charge in [-0.05, 0) is 19.8 Å². The molecular formula is C13H19N3O4. The van der Waals surface area contributed by atoms with Gasteiger partial charge in [0, 0.05) is 26.1 Å². The van der Waals surface area contributed by atoms with Gasteiger partial charge in [-0.15, -0.1) is 0 Å². The molecule has 1 amide bonds. The molecule has 2 rings (SSSR count). The minimum atomic E-state index is -0.484. The van der Waals surface area contributed by atoms with Crippen LogP contribution in [0.15, 0.2) is 10.7 Å². The fourth-order valence-electron chi connectivity index (χ4n) is 2.25. The lowest BCUT2D eigenvalue weighted by Gasteiger charge is -2.29. The zero-order valence-electron chi connectivity index (χ0n) is 11.7. The number of carbonyl (C=O) groups is 2. The molecule has 1 aromatic heterocycles. The summed E-state index contributed by atoms with van der Waals surface area (Å²) in [5, 5.41) is 2.66. The molecule has 0 saturated carbocycles. The third-order valence-corrected chi connectivity index (χ3v) is 3.36. The number of anilines is 1. The van der Waals surface area contributed by atoms with Crippen molar-refractivity contribution in [3.05, 3.63) is 12.0 Å². The number of carbonyl (C=O) groups excluding carboxylic acids is 2. The molecule has 0 aromatic carbocycles. The van der Waals surface area contributed by atoms with Crippen LogP contribution in [-0.4, -0.2) is 43.6 Å². The lowest BCUT2D eigenvalue weighted by Crippen LogP contribution is -2.39. The summed E-state index contributed by atoms with van der Waals surface area (Å²) < 4.78 is 10.2. The zero-order chi connectivity index (χ0) is 14.5. The first-order valence-corrected chi connectivity index (χ1v) is 6.75. The van der Waals surface area contributed by atoms with E-state index in [9.17, 15) is 9.59 Å². The lowest BCUT2D eigenvalue weighted by atomic mass is 9.96. The van der Waals surface area contributed by atoms with Gasteiger partial charge < -0.3 is 19.4 Å². The van der Waals surface area contributed by atoms with Crippen LogP contribution in [0.25, 0.3) is 0 Å². The Bertz CT molecular complexity index is 478. The molecule has 1 fully saturated rings. The number of aromatic nitrogens is 1. The van der Waals surface area contributed by atoms with Gasteiger partial charge in [-0.3, -0.25) is 4.79 Å². The second-order valence-corrected chi connectivity index (χ2v) is 4.61. The molecule has 1 aromatic rings. The van der Waals surface area contributed by atoms with Crippen molar-refractivity contribution in [1.29, 1.82) is 0 Å². The Balaban J connectivity index is 1.94. The Labute approximate surface area is 117 Å². The summed E-state index contributed by atoms with van der Waals surface area (Å²) in [7, 11) is 1.65. The Morgan fingerprint density at radius 2 is 2.20 bits per heavy atom. The van der Waals surface area contributed by atoms with Gasteiger partial charge in [-0.2, -0.15) is 4.98 Å². The molecule has 2 heterocycles. The number of oxazole rings is 1. The van der Waals surface area contributed by atoms with Crippen molar-refractivity contribution in [2.75, 3.05) is 31.6 Å². The predicted octanol–water partition coefficient (Wildman–Crippen LogP) is 0.814. The van der Waals surface area contributed by atoms with Gasteiger partial charge in [0.15, 0.2) is 5.69 Å². The predicted molar refractivity (Wildman–Crippen MR) is 71.5 cm³/mol. The van der Waals surface area contributed by atoms with Crippen LogP contribution in [0.3, 0.4) is 0 Å². The number of amides is 1. The molecular weight excluding hydrogens is 262 g/mol. The van der Waals surface area contributed by atoms with Crippen molar-refractivity contribution in [3.63, 3.8) is 0 Å². The van der Waals surface area contributed by atoms with E-state index in [0.29, 0.717) is 25.7 Å². The van der Waals surface area contributed by atoms with E-state index < -0.39 is 5.97 Å². The number of nitrogens with one attached hydrogen (secondary N) is 1. The fraction of sp³-hybridized carbons (Fsp3) is 0.615. The Hall–Kier alpha value is -2.05. The molecule has 7 nitrogen and oxygen atoms in total. The van der Waals surface area contributed by atoms with Gasteiger partial charge in [0.1, 0.15) is 6.26 Å². The number of rotatable bonds is 4. The first-order valence-electron chi connectivity index (χ1n) is 6.75. The fourth-order valence-corrected chi connectivity index (χ4v) is 2.25. The van der Waals surface area contributed by atoms with E-state index in [1.54, 1.807) is 14.0 Å². The normalized spacial score (nSPS) is 16.0. The Morgan fingerprint density at radius 1 is 1.50 bits per heavy atom. The molecule has 1 aliphatic rings. The second-order valence-electron chi connectivity index (χ2n) is 4.61. The van der Waals surface area contributed by atoms with E-state index in [4.69, 9.17) is 9.15 Å². The maximum absolute atomic E-state index is 11.5. The van der Waals surface area contributed by atoms with Crippen LogP contribution in [0.5, 0.6) is 0 Å². The molecule has 0 bridgehead atoms. The highest BCUT2D eigenvalue weighted by molar-refractivity contribution is 5.87. The highest BCUT2D eigenvalue weighted by atomic mass is 16.5. The topological polar surface area (TPSA) is 84.7 Å². The number of piperidine rings is 1. The second kappa shape index (κ2) is 6.40. The van der Waals surface area contributed by atoms with E-state index in [-0.39, 0.29) is 17.5 Å². The summed E-state index contributed by atoms with van der Waals surface area (Å²) in [6, 6.07) is 0.406. The quantitative estimate of drug-likeness (QED) is 0.822.